The normalized spacial score (nSPS) is 12.8. The summed E-state index contributed by atoms with van der Waals surface area (Å²) < 4.78 is 31.1. The first kappa shape index (κ1) is 35.4. The smallest absolute Gasteiger partial charge is 0.248 e. The second-order valence-corrected chi connectivity index (χ2v) is 12.0. The standard InChI is InChI=1S/C34H45F2N5O4/c1-6-38-28(33(45)39-16-14-30(43)37-5)15-17-41(31(44)22-42)32(34(2,3)4)29-18-24(26-19-25(35)12-13-27(26)36)21-40(29)20-23-10-8-7-9-11-23/h7-13,18-19,21,28,32,38,42H,6,14-17,20,22H2,1-5H3,(H,37,43)(H,39,45). The Balaban J connectivity index is 2.04. The van der Waals surface area contributed by atoms with Gasteiger partial charge in [-0.1, -0.05) is 58.0 Å². The number of benzene rings is 2. The number of rotatable bonds is 15. The van der Waals surface area contributed by atoms with Crippen molar-refractivity contribution in [2.24, 2.45) is 5.41 Å². The molecule has 2 atom stereocenters. The number of amides is 3. The molecule has 0 spiro atoms. The first-order valence-electron chi connectivity index (χ1n) is 15.2. The van der Waals surface area contributed by atoms with E-state index in [9.17, 15) is 28.3 Å². The zero-order chi connectivity index (χ0) is 33.1. The van der Waals surface area contributed by atoms with Gasteiger partial charge in [0, 0.05) is 56.1 Å². The zero-order valence-electron chi connectivity index (χ0n) is 26.7. The van der Waals surface area contributed by atoms with Crippen molar-refractivity contribution in [2.45, 2.75) is 59.2 Å². The molecule has 0 radical (unpaired) electrons. The van der Waals surface area contributed by atoms with Crippen molar-refractivity contribution in [3.05, 3.63) is 83.7 Å². The predicted molar refractivity (Wildman–Crippen MR) is 170 cm³/mol. The van der Waals surface area contributed by atoms with Crippen molar-refractivity contribution in [2.75, 3.05) is 33.3 Å². The van der Waals surface area contributed by atoms with E-state index in [0.29, 0.717) is 24.3 Å². The maximum absolute atomic E-state index is 15.0. The summed E-state index contributed by atoms with van der Waals surface area (Å²) in [5.41, 5.74) is 1.59. The van der Waals surface area contributed by atoms with Gasteiger partial charge in [0.15, 0.2) is 0 Å². The number of carbonyl (C=O) groups excluding carboxylic acids is 3. The van der Waals surface area contributed by atoms with Crippen LogP contribution in [-0.2, 0) is 20.9 Å². The van der Waals surface area contributed by atoms with Crippen LogP contribution in [0.1, 0.15) is 57.8 Å². The summed E-state index contributed by atoms with van der Waals surface area (Å²) in [6.45, 7) is 8.17. The van der Waals surface area contributed by atoms with Gasteiger partial charge in [-0.2, -0.15) is 0 Å². The highest BCUT2D eigenvalue weighted by atomic mass is 19.1. The highest BCUT2D eigenvalue weighted by Crippen LogP contribution is 2.41. The number of nitrogens with zero attached hydrogens (tertiary/aromatic N) is 2. The minimum Gasteiger partial charge on any atom is -0.387 e. The molecule has 3 amide bonds. The van der Waals surface area contributed by atoms with E-state index in [2.05, 4.69) is 16.0 Å². The maximum atomic E-state index is 15.0. The Morgan fingerprint density at radius 1 is 1.04 bits per heavy atom. The Bertz CT molecular complexity index is 1440. The van der Waals surface area contributed by atoms with Gasteiger partial charge in [0.05, 0.1) is 12.1 Å². The van der Waals surface area contributed by atoms with Gasteiger partial charge in [0.2, 0.25) is 17.7 Å². The van der Waals surface area contributed by atoms with E-state index in [1.54, 1.807) is 17.2 Å². The van der Waals surface area contributed by atoms with Crippen LogP contribution in [0, 0.1) is 17.0 Å². The maximum Gasteiger partial charge on any atom is 0.248 e. The Morgan fingerprint density at radius 2 is 1.76 bits per heavy atom. The molecular weight excluding hydrogens is 580 g/mol. The van der Waals surface area contributed by atoms with Crippen LogP contribution in [0.2, 0.25) is 0 Å². The van der Waals surface area contributed by atoms with E-state index in [0.717, 1.165) is 23.8 Å². The Labute approximate surface area is 264 Å². The fraction of sp³-hybridized carbons (Fsp3) is 0.441. The van der Waals surface area contributed by atoms with Gasteiger partial charge < -0.3 is 30.5 Å². The Kier molecular flexibility index (Phi) is 12.8. The highest BCUT2D eigenvalue weighted by molar-refractivity contribution is 5.83. The molecule has 0 aliphatic carbocycles. The van der Waals surface area contributed by atoms with E-state index in [1.807, 2.05) is 62.6 Å². The van der Waals surface area contributed by atoms with E-state index >= 15 is 0 Å². The monoisotopic (exact) mass is 625 g/mol. The topological polar surface area (TPSA) is 116 Å². The molecule has 11 heteroatoms. The molecule has 2 unspecified atom stereocenters. The van der Waals surface area contributed by atoms with E-state index < -0.39 is 41.6 Å². The summed E-state index contributed by atoms with van der Waals surface area (Å²) in [5, 5.41) is 18.5. The van der Waals surface area contributed by atoms with Crippen LogP contribution in [0.25, 0.3) is 11.1 Å². The van der Waals surface area contributed by atoms with Crippen molar-refractivity contribution in [1.29, 1.82) is 0 Å². The molecule has 244 valence electrons. The van der Waals surface area contributed by atoms with E-state index in [-0.39, 0.29) is 43.3 Å². The summed E-state index contributed by atoms with van der Waals surface area (Å²) in [6, 6.07) is 13.4. The summed E-state index contributed by atoms with van der Waals surface area (Å²) in [6.07, 6.45) is 2.11. The van der Waals surface area contributed by atoms with Crippen molar-refractivity contribution < 1.29 is 28.3 Å². The van der Waals surface area contributed by atoms with Crippen molar-refractivity contribution in [3.63, 3.8) is 0 Å². The molecule has 2 aromatic carbocycles. The molecule has 9 nitrogen and oxygen atoms in total. The summed E-state index contributed by atoms with van der Waals surface area (Å²) in [7, 11) is 1.53. The second-order valence-electron chi connectivity index (χ2n) is 12.0. The third kappa shape index (κ3) is 9.70. The zero-order valence-corrected chi connectivity index (χ0v) is 26.7. The molecule has 1 aromatic heterocycles. The molecule has 0 aliphatic heterocycles. The van der Waals surface area contributed by atoms with Crippen molar-refractivity contribution in [1.82, 2.24) is 25.4 Å². The largest absolute Gasteiger partial charge is 0.387 e. The molecule has 0 aliphatic rings. The van der Waals surface area contributed by atoms with Crippen LogP contribution in [0.4, 0.5) is 8.78 Å². The third-order valence-electron chi connectivity index (χ3n) is 7.59. The second kappa shape index (κ2) is 16.3. The summed E-state index contributed by atoms with van der Waals surface area (Å²) in [5.74, 6) is -2.18. The number of hydrogen-bond acceptors (Lipinski definition) is 5. The summed E-state index contributed by atoms with van der Waals surface area (Å²) >= 11 is 0. The number of carbonyl (C=O) groups is 3. The molecule has 3 rings (SSSR count). The van der Waals surface area contributed by atoms with Crippen LogP contribution >= 0.6 is 0 Å². The average Bonchev–Trinajstić information content (AvgIpc) is 3.41. The van der Waals surface area contributed by atoms with Crippen LogP contribution in [0.15, 0.2) is 60.8 Å². The molecule has 0 bridgehead atoms. The lowest BCUT2D eigenvalue weighted by molar-refractivity contribution is -0.140. The number of likely N-dealkylation sites (N-methyl/N-ethyl adjacent to an activating group) is 1. The van der Waals surface area contributed by atoms with Crippen LogP contribution in [0.3, 0.4) is 0 Å². The number of hydrogen-bond donors (Lipinski definition) is 4. The lowest BCUT2D eigenvalue weighted by atomic mass is 9.82. The van der Waals surface area contributed by atoms with Gasteiger partial charge in [-0.05, 0) is 48.2 Å². The number of aliphatic hydroxyl groups is 1. The quantitative estimate of drug-likeness (QED) is 0.204. The molecule has 0 saturated heterocycles. The third-order valence-corrected chi connectivity index (χ3v) is 7.59. The van der Waals surface area contributed by atoms with Gasteiger partial charge in [-0.3, -0.25) is 14.4 Å². The Morgan fingerprint density at radius 3 is 2.38 bits per heavy atom. The van der Waals surface area contributed by atoms with Crippen LogP contribution < -0.4 is 16.0 Å². The van der Waals surface area contributed by atoms with E-state index in [1.165, 1.54) is 7.05 Å². The van der Waals surface area contributed by atoms with E-state index in [4.69, 9.17) is 0 Å². The van der Waals surface area contributed by atoms with Gasteiger partial charge >= 0.3 is 0 Å². The number of nitrogens with one attached hydrogen (secondary N) is 3. The van der Waals surface area contributed by atoms with Gasteiger partial charge in [-0.25, -0.2) is 8.78 Å². The SMILES string of the molecule is CCNC(CCN(C(=O)CO)C(c1cc(-c2cc(F)ccc2F)cn1Cc1ccccc1)C(C)(C)C)C(=O)NCCC(=O)NC. The predicted octanol–water partition coefficient (Wildman–Crippen LogP) is 4.01. The molecule has 4 N–H and O–H groups in total. The average molecular weight is 626 g/mol. The van der Waals surface area contributed by atoms with Gasteiger partial charge in [-0.15, -0.1) is 0 Å². The minimum atomic E-state index is -0.748. The fourth-order valence-electron chi connectivity index (χ4n) is 5.49. The molecule has 0 fully saturated rings. The minimum absolute atomic E-state index is 0.0939. The number of aromatic nitrogens is 1. The molecular formula is C34H45F2N5O4. The fourth-order valence-corrected chi connectivity index (χ4v) is 5.49. The van der Waals surface area contributed by atoms with Gasteiger partial charge in [0.25, 0.3) is 0 Å². The first-order valence-corrected chi connectivity index (χ1v) is 15.2. The lowest BCUT2D eigenvalue weighted by Gasteiger charge is -2.41. The molecule has 1 heterocycles. The molecule has 3 aromatic rings. The Hall–Kier alpha value is -4.09. The first-order chi connectivity index (χ1) is 21.4. The number of halogens is 2. The van der Waals surface area contributed by atoms with Crippen LogP contribution in [-0.4, -0.2) is 71.6 Å². The highest BCUT2D eigenvalue weighted by Gasteiger charge is 2.37. The molecule has 0 saturated carbocycles. The lowest BCUT2D eigenvalue weighted by Crippen LogP contribution is -2.49. The van der Waals surface area contributed by atoms with Gasteiger partial charge in [0.1, 0.15) is 18.2 Å². The number of aliphatic hydroxyl groups excluding tert-OH is 1. The van der Waals surface area contributed by atoms with Crippen molar-refractivity contribution in [3.8, 4) is 11.1 Å². The summed E-state index contributed by atoms with van der Waals surface area (Å²) in [4.78, 5) is 39.6. The van der Waals surface area contributed by atoms with Crippen molar-refractivity contribution >= 4 is 17.7 Å². The molecule has 45 heavy (non-hydrogen) atoms. The van der Waals surface area contributed by atoms with Crippen LogP contribution in [0.5, 0.6) is 0 Å².